The third kappa shape index (κ3) is 6.40. The number of aromatic nitrogens is 1. The van der Waals surface area contributed by atoms with Crippen LogP contribution in [0.15, 0.2) is 42.6 Å². The lowest BCUT2D eigenvalue weighted by Gasteiger charge is -2.36. The molecule has 162 valence electrons. The van der Waals surface area contributed by atoms with Gasteiger partial charge in [0.25, 0.3) is 0 Å². The number of carbonyl (C=O) groups excluding carboxylic acids is 1. The van der Waals surface area contributed by atoms with Gasteiger partial charge in [0.1, 0.15) is 11.6 Å². The number of hydrogen-bond donors (Lipinski definition) is 2. The first-order valence-corrected chi connectivity index (χ1v) is 10.2. The van der Waals surface area contributed by atoms with Crippen molar-refractivity contribution in [3.05, 3.63) is 54.0 Å². The number of rotatable bonds is 8. The number of ether oxygens (including phenoxy) is 2. The molecule has 1 saturated heterocycles. The van der Waals surface area contributed by atoms with Crippen molar-refractivity contribution < 1.29 is 18.7 Å². The molecule has 2 amide bonds. The molecule has 2 heterocycles. The van der Waals surface area contributed by atoms with Crippen LogP contribution in [0.5, 0.6) is 11.6 Å². The number of nitrogens with zero attached hydrogens (tertiary/aromatic N) is 2. The van der Waals surface area contributed by atoms with Crippen LogP contribution in [0.2, 0.25) is 0 Å². The molecule has 30 heavy (non-hydrogen) atoms. The Morgan fingerprint density at radius 1 is 1.23 bits per heavy atom. The lowest BCUT2D eigenvalue weighted by Crippen LogP contribution is -2.52. The highest BCUT2D eigenvalue weighted by molar-refractivity contribution is 5.73. The third-order valence-electron chi connectivity index (χ3n) is 5.06. The summed E-state index contributed by atoms with van der Waals surface area (Å²) in [6.07, 6.45) is 1.59. The van der Waals surface area contributed by atoms with Gasteiger partial charge in [0.05, 0.1) is 13.2 Å². The van der Waals surface area contributed by atoms with E-state index in [4.69, 9.17) is 9.47 Å². The maximum Gasteiger partial charge on any atom is 0.315 e. The van der Waals surface area contributed by atoms with Gasteiger partial charge in [-0.25, -0.2) is 14.2 Å². The molecule has 1 aromatic carbocycles. The summed E-state index contributed by atoms with van der Waals surface area (Å²) in [5.74, 6) is 0.705. The first-order chi connectivity index (χ1) is 14.5. The maximum absolute atomic E-state index is 13.4. The van der Waals surface area contributed by atoms with Crippen molar-refractivity contribution >= 4 is 6.03 Å². The number of carbonyl (C=O) groups is 1. The third-order valence-corrected chi connectivity index (χ3v) is 5.06. The van der Waals surface area contributed by atoms with Gasteiger partial charge in [0, 0.05) is 50.0 Å². The van der Waals surface area contributed by atoms with Gasteiger partial charge in [-0.05, 0) is 24.1 Å². The van der Waals surface area contributed by atoms with Crippen LogP contribution in [-0.4, -0.2) is 54.8 Å². The second-order valence-corrected chi connectivity index (χ2v) is 7.55. The molecule has 1 unspecified atom stereocenters. The Hall–Kier alpha value is -2.71. The Morgan fingerprint density at radius 3 is 2.77 bits per heavy atom. The average molecular weight is 416 g/mol. The SMILES string of the molecule is CC(C)C(CNC(=O)NCc1cccnc1Oc1cccc(F)c1)N1CCOCC1. The van der Waals surface area contributed by atoms with Gasteiger partial charge >= 0.3 is 6.03 Å². The molecule has 0 spiro atoms. The largest absolute Gasteiger partial charge is 0.439 e. The summed E-state index contributed by atoms with van der Waals surface area (Å²) >= 11 is 0. The highest BCUT2D eigenvalue weighted by atomic mass is 19.1. The van der Waals surface area contributed by atoms with Gasteiger partial charge in [-0.2, -0.15) is 0 Å². The Bertz CT molecular complexity index is 828. The molecule has 1 aliphatic rings. The lowest BCUT2D eigenvalue weighted by molar-refractivity contribution is 0.00719. The number of hydrogen-bond acceptors (Lipinski definition) is 5. The van der Waals surface area contributed by atoms with Crippen LogP contribution >= 0.6 is 0 Å². The van der Waals surface area contributed by atoms with E-state index in [1.54, 1.807) is 24.4 Å². The van der Waals surface area contributed by atoms with Crippen molar-refractivity contribution in [1.29, 1.82) is 0 Å². The number of halogens is 1. The molecule has 2 aromatic rings. The zero-order valence-corrected chi connectivity index (χ0v) is 17.4. The minimum absolute atomic E-state index is 0.244. The summed E-state index contributed by atoms with van der Waals surface area (Å²) in [5.41, 5.74) is 0.700. The zero-order chi connectivity index (χ0) is 21.3. The van der Waals surface area contributed by atoms with E-state index < -0.39 is 0 Å². The minimum atomic E-state index is -0.387. The number of pyridine rings is 1. The number of morpholine rings is 1. The molecule has 1 aromatic heterocycles. The Labute approximate surface area is 176 Å². The molecule has 2 N–H and O–H groups in total. The van der Waals surface area contributed by atoms with Gasteiger partial charge in [0.2, 0.25) is 5.88 Å². The summed E-state index contributed by atoms with van der Waals surface area (Å²) in [6, 6.07) is 9.43. The van der Waals surface area contributed by atoms with Crippen LogP contribution in [0.3, 0.4) is 0 Å². The van der Waals surface area contributed by atoms with E-state index in [-0.39, 0.29) is 24.4 Å². The summed E-state index contributed by atoms with van der Waals surface area (Å²) in [4.78, 5) is 18.9. The first kappa shape index (κ1) is 22.0. The van der Waals surface area contributed by atoms with E-state index in [0.29, 0.717) is 29.7 Å². The minimum Gasteiger partial charge on any atom is -0.439 e. The van der Waals surface area contributed by atoms with E-state index in [2.05, 4.69) is 34.4 Å². The Morgan fingerprint density at radius 2 is 2.03 bits per heavy atom. The van der Waals surface area contributed by atoms with Crippen LogP contribution < -0.4 is 15.4 Å². The molecule has 0 aliphatic carbocycles. The van der Waals surface area contributed by atoms with Gasteiger partial charge in [0.15, 0.2) is 0 Å². The van der Waals surface area contributed by atoms with Crippen LogP contribution in [0, 0.1) is 11.7 Å². The van der Waals surface area contributed by atoms with E-state index in [9.17, 15) is 9.18 Å². The highest BCUT2D eigenvalue weighted by Crippen LogP contribution is 2.23. The molecule has 8 heteroatoms. The molecule has 3 rings (SSSR count). The van der Waals surface area contributed by atoms with Crippen LogP contribution in [0.25, 0.3) is 0 Å². The predicted octanol–water partition coefficient (Wildman–Crippen LogP) is 3.17. The molecule has 7 nitrogen and oxygen atoms in total. The van der Waals surface area contributed by atoms with Crippen molar-refractivity contribution in [2.75, 3.05) is 32.8 Å². The maximum atomic E-state index is 13.4. The molecule has 0 saturated carbocycles. The van der Waals surface area contributed by atoms with E-state index in [1.165, 1.54) is 12.1 Å². The van der Waals surface area contributed by atoms with Crippen molar-refractivity contribution in [1.82, 2.24) is 20.5 Å². The fourth-order valence-corrected chi connectivity index (χ4v) is 3.42. The standard InChI is InChI=1S/C22H29FN4O3/c1-16(2)20(27-9-11-29-12-10-27)15-26-22(28)25-14-17-5-4-8-24-21(17)30-19-7-3-6-18(23)13-19/h3-8,13,16,20H,9-12,14-15H2,1-2H3,(H2,25,26,28). The fraction of sp³-hybridized carbons (Fsp3) is 0.455. The molecule has 1 aliphatic heterocycles. The molecule has 1 fully saturated rings. The van der Waals surface area contributed by atoms with Crippen molar-refractivity contribution in [3.63, 3.8) is 0 Å². The second kappa shape index (κ2) is 10.9. The monoisotopic (exact) mass is 416 g/mol. The molecular weight excluding hydrogens is 387 g/mol. The molecular formula is C22H29FN4O3. The second-order valence-electron chi connectivity index (χ2n) is 7.55. The molecule has 0 bridgehead atoms. The van der Waals surface area contributed by atoms with Crippen LogP contribution in [0.4, 0.5) is 9.18 Å². The smallest absolute Gasteiger partial charge is 0.315 e. The van der Waals surface area contributed by atoms with Crippen molar-refractivity contribution in [2.24, 2.45) is 5.92 Å². The average Bonchev–Trinajstić information content (AvgIpc) is 2.74. The van der Waals surface area contributed by atoms with E-state index >= 15 is 0 Å². The summed E-state index contributed by atoms with van der Waals surface area (Å²) in [5, 5.41) is 5.81. The first-order valence-electron chi connectivity index (χ1n) is 10.2. The van der Waals surface area contributed by atoms with Gasteiger partial charge in [-0.3, -0.25) is 4.90 Å². The topological polar surface area (TPSA) is 75.7 Å². The Balaban J connectivity index is 1.53. The zero-order valence-electron chi connectivity index (χ0n) is 17.4. The van der Waals surface area contributed by atoms with E-state index in [0.717, 1.165) is 26.3 Å². The van der Waals surface area contributed by atoms with Gasteiger partial charge in [-0.1, -0.05) is 26.0 Å². The van der Waals surface area contributed by atoms with Crippen molar-refractivity contribution in [3.8, 4) is 11.6 Å². The fourth-order valence-electron chi connectivity index (χ4n) is 3.42. The Kier molecular flexibility index (Phi) is 7.98. The number of amides is 2. The lowest BCUT2D eigenvalue weighted by atomic mass is 10.0. The quantitative estimate of drug-likeness (QED) is 0.691. The van der Waals surface area contributed by atoms with Gasteiger partial charge in [-0.15, -0.1) is 0 Å². The number of urea groups is 1. The highest BCUT2D eigenvalue weighted by Gasteiger charge is 2.24. The molecule has 1 atom stereocenters. The summed E-state index contributed by atoms with van der Waals surface area (Å²) in [7, 11) is 0. The predicted molar refractivity (Wildman–Crippen MR) is 112 cm³/mol. The normalized spacial score (nSPS) is 15.6. The van der Waals surface area contributed by atoms with Crippen LogP contribution in [0.1, 0.15) is 19.4 Å². The number of nitrogens with one attached hydrogen (secondary N) is 2. The summed E-state index contributed by atoms with van der Waals surface area (Å²) < 4.78 is 24.5. The summed E-state index contributed by atoms with van der Waals surface area (Å²) in [6.45, 7) is 8.33. The van der Waals surface area contributed by atoms with Crippen LogP contribution in [-0.2, 0) is 11.3 Å². The van der Waals surface area contributed by atoms with Crippen molar-refractivity contribution in [2.45, 2.75) is 26.4 Å². The van der Waals surface area contributed by atoms with E-state index in [1.807, 2.05) is 6.07 Å². The van der Waals surface area contributed by atoms with Gasteiger partial charge < -0.3 is 20.1 Å². The number of benzene rings is 1. The molecule has 0 radical (unpaired) electrons.